The van der Waals surface area contributed by atoms with Gasteiger partial charge in [-0.25, -0.2) is 0 Å². The Morgan fingerprint density at radius 1 is 0.867 bits per heavy atom. The molecule has 11 nitrogen and oxygen atoms in total. The quantitative estimate of drug-likeness (QED) is 0.251. The first-order chi connectivity index (χ1) is 14.0. The van der Waals surface area contributed by atoms with E-state index in [1.54, 1.807) is 24.3 Å². The number of nitrogens with one attached hydrogen (secondary N) is 3. The first-order valence-electron chi connectivity index (χ1n) is 9.16. The molecule has 1 aromatic rings. The maximum atomic E-state index is 12.3. The van der Waals surface area contributed by atoms with Crippen LogP contribution in [0.3, 0.4) is 0 Å². The number of carboxylic acid groups (broad SMARTS) is 2. The maximum absolute atomic E-state index is 12.3. The van der Waals surface area contributed by atoms with Crippen molar-refractivity contribution in [3.05, 3.63) is 35.9 Å². The Hall–Kier alpha value is -3.47. The average molecular weight is 422 g/mol. The molecule has 4 unspecified atom stereocenters. The van der Waals surface area contributed by atoms with Crippen molar-refractivity contribution in [2.24, 2.45) is 5.73 Å². The highest BCUT2D eigenvalue weighted by Crippen LogP contribution is 2.02. The van der Waals surface area contributed by atoms with Crippen molar-refractivity contribution in [2.45, 2.75) is 50.9 Å². The van der Waals surface area contributed by atoms with Gasteiger partial charge in [0.15, 0.2) is 0 Å². The summed E-state index contributed by atoms with van der Waals surface area (Å²) < 4.78 is 0. The number of aliphatic carboxylic acids is 2. The molecule has 0 fully saturated rings. The third-order valence-electron chi connectivity index (χ3n) is 4.13. The van der Waals surface area contributed by atoms with Gasteiger partial charge in [-0.15, -0.1) is 0 Å². The minimum Gasteiger partial charge on any atom is -0.481 e. The highest BCUT2D eigenvalue weighted by atomic mass is 16.4. The lowest BCUT2D eigenvalue weighted by Gasteiger charge is -2.22. The van der Waals surface area contributed by atoms with Gasteiger partial charge in [-0.3, -0.25) is 24.0 Å². The van der Waals surface area contributed by atoms with Gasteiger partial charge < -0.3 is 31.9 Å². The molecule has 7 N–H and O–H groups in total. The minimum absolute atomic E-state index is 0.248. The third kappa shape index (κ3) is 8.27. The molecule has 1 aromatic carbocycles. The lowest BCUT2D eigenvalue weighted by atomic mass is 10.1. The van der Waals surface area contributed by atoms with Crippen molar-refractivity contribution in [2.75, 3.05) is 0 Å². The van der Waals surface area contributed by atoms with Gasteiger partial charge in [0.05, 0.1) is 12.5 Å². The van der Waals surface area contributed by atoms with E-state index in [1.165, 1.54) is 13.8 Å². The molecule has 1 rings (SSSR count). The zero-order valence-corrected chi connectivity index (χ0v) is 16.6. The van der Waals surface area contributed by atoms with Gasteiger partial charge in [0, 0.05) is 0 Å². The molecule has 11 heteroatoms. The molecular weight excluding hydrogens is 396 g/mol. The number of amides is 3. The molecule has 0 aromatic heterocycles. The van der Waals surface area contributed by atoms with E-state index in [0.717, 1.165) is 5.56 Å². The molecule has 30 heavy (non-hydrogen) atoms. The zero-order chi connectivity index (χ0) is 22.8. The third-order valence-corrected chi connectivity index (χ3v) is 4.13. The van der Waals surface area contributed by atoms with Crippen LogP contribution in [0.4, 0.5) is 0 Å². The summed E-state index contributed by atoms with van der Waals surface area (Å²) in [7, 11) is 0. The summed E-state index contributed by atoms with van der Waals surface area (Å²) in [6, 6.07) is 4.20. The summed E-state index contributed by atoms with van der Waals surface area (Å²) in [5.74, 6) is -5.09. The molecule has 0 saturated carbocycles. The molecule has 4 atom stereocenters. The molecule has 0 saturated heterocycles. The minimum atomic E-state index is -1.52. The maximum Gasteiger partial charge on any atom is 0.325 e. The van der Waals surface area contributed by atoms with E-state index in [-0.39, 0.29) is 6.42 Å². The van der Waals surface area contributed by atoms with Gasteiger partial charge in [0.2, 0.25) is 17.7 Å². The highest BCUT2D eigenvalue weighted by Gasteiger charge is 2.29. The van der Waals surface area contributed by atoms with Gasteiger partial charge in [0.1, 0.15) is 18.1 Å². The fourth-order valence-electron chi connectivity index (χ4n) is 2.40. The summed E-state index contributed by atoms with van der Waals surface area (Å²) in [4.78, 5) is 58.5. The van der Waals surface area contributed by atoms with Gasteiger partial charge in [-0.05, 0) is 25.8 Å². The number of hydrogen-bond acceptors (Lipinski definition) is 6. The molecule has 0 heterocycles. The van der Waals surface area contributed by atoms with Crippen molar-refractivity contribution in [3.63, 3.8) is 0 Å². The number of carbonyl (C=O) groups excluding carboxylic acids is 3. The van der Waals surface area contributed by atoms with Gasteiger partial charge in [-0.2, -0.15) is 0 Å². The zero-order valence-electron chi connectivity index (χ0n) is 16.6. The molecule has 164 valence electrons. The van der Waals surface area contributed by atoms with Gasteiger partial charge in [-0.1, -0.05) is 30.3 Å². The van der Waals surface area contributed by atoms with E-state index in [0.29, 0.717) is 0 Å². The Bertz CT molecular complexity index is 784. The Kier molecular flexibility index (Phi) is 9.43. The lowest BCUT2D eigenvalue weighted by Crippen LogP contribution is -2.56. The van der Waals surface area contributed by atoms with Crippen LogP contribution >= 0.6 is 0 Å². The molecule has 0 aliphatic heterocycles. The van der Waals surface area contributed by atoms with Crippen LogP contribution in [0, 0.1) is 0 Å². The number of nitrogens with two attached hydrogens (primary N) is 1. The molecular formula is C19H26N4O7. The molecule has 0 bridgehead atoms. The molecule has 0 aliphatic carbocycles. The summed E-state index contributed by atoms with van der Waals surface area (Å²) in [5.41, 5.74) is 6.69. The molecule has 0 aliphatic rings. The Labute approximate surface area is 173 Å². The van der Waals surface area contributed by atoms with E-state index in [4.69, 9.17) is 15.9 Å². The van der Waals surface area contributed by atoms with E-state index in [9.17, 15) is 24.0 Å². The predicted molar refractivity (Wildman–Crippen MR) is 105 cm³/mol. The molecule has 0 radical (unpaired) electrons. The standard InChI is InChI=1S/C19H26N4O7/c1-10(21-17(27)13(20)8-12-6-4-3-5-7-12)16(26)23-14(9-15(24)25)18(28)22-11(2)19(29)30/h3-7,10-11,13-14H,8-9,20H2,1-2H3,(H,21,27)(H,22,28)(H,23,26)(H,24,25)(H,29,30). The van der Waals surface area contributed by atoms with Crippen molar-refractivity contribution < 1.29 is 34.2 Å². The van der Waals surface area contributed by atoms with Crippen LogP contribution in [-0.4, -0.2) is 64.0 Å². The fourth-order valence-corrected chi connectivity index (χ4v) is 2.40. The van der Waals surface area contributed by atoms with E-state index < -0.39 is 60.2 Å². The van der Waals surface area contributed by atoms with Crippen molar-refractivity contribution in [1.82, 2.24) is 16.0 Å². The summed E-state index contributed by atoms with van der Waals surface area (Å²) in [6.07, 6.45) is -0.518. The first kappa shape index (κ1) is 24.6. The average Bonchev–Trinajstić information content (AvgIpc) is 2.67. The van der Waals surface area contributed by atoms with Crippen LogP contribution in [0.1, 0.15) is 25.8 Å². The van der Waals surface area contributed by atoms with Crippen molar-refractivity contribution in [3.8, 4) is 0 Å². The van der Waals surface area contributed by atoms with Crippen LogP contribution in [0.25, 0.3) is 0 Å². The normalized spacial score (nSPS) is 14.5. The SMILES string of the molecule is CC(NC(=O)C(CC(=O)O)NC(=O)C(C)NC(=O)C(N)Cc1ccccc1)C(=O)O. The molecule has 0 spiro atoms. The van der Waals surface area contributed by atoms with Crippen LogP contribution in [0.2, 0.25) is 0 Å². The Balaban J connectivity index is 2.68. The predicted octanol–water partition coefficient (Wildman–Crippen LogP) is -1.39. The number of hydrogen-bond donors (Lipinski definition) is 6. The van der Waals surface area contributed by atoms with Crippen LogP contribution in [0.15, 0.2) is 30.3 Å². The van der Waals surface area contributed by atoms with Crippen molar-refractivity contribution in [1.29, 1.82) is 0 Å². The van der Waals surface area contributed by atoms with E-state index in [2.05, 4.69) is 16.0 Å². The lowest BCUT2D eigenvalue weighted by molar-refractivity contribution is -0.143. The second-order valence-corrected chi connectivity index (χ2v) is 6.75. The van der Waals surface area contributed by atoms with E-state index >= 15 is 0 Å². The van der Waals surface area contributed by atoms with Crippen LogP contribution < -0.4 is 21.7 Å². The Morgan fingerprint density at radius 3 is 1.97 bits per heavy atom. The van der Waals surface area contributed by atoms with Crippen LogP contribution in [0.5, 0.6) is 0 Å². The van der Waals surface area contributed by atoms with Crippen molar-refractivity contribution >= 4 is 29.7 Å². The number of carbonyl (C=O) groups is 5. The molecule has 3 amide bonds. The highest BCUT2D eigenvalue weighted by molar-refractivity contribution is 5.95. The Morgan fingerprint density at radius 2 is 1.43 bits per heavy atom. The van der Waals surface area contributed by atoms with Gasteiger partial charge >= 0.3 is 11.9 Å². The summed E-state index contributed by atoms with van der Waals surface area (Å²) in [5, 5.41) is 24.5. The second-order valence-electron chi connectivity index (χ2n) is 6.75. The number of rotatable bonds is 11. The smallest absolute Gasteiger partial charge is 0.325 e. The monoisotopic (exact) mass is 422 g/mol. The second kappa shape index (κ2) is 11.5. The fraction of sp³-hybridized carbons (Fsp3) is 0.421. The van der Waals surface area contributed by atoms with Gasteiger partial charge in [0.25, 0.3) is 0 Å². The summed E-state index contributed by atoms with van der Waals surface area (Å²) in [6.45, 7) is 2.54. The summed E-state index contributed by atoms with van der Waals surface area (Å²) >= 11 is 0. The largest absolute Gasteiger partial charge is 0.481 e. The first-order valence-corrected chi connectivity index (χ1v) is 9.16. The number of benzene rings is 1. The van der Waals surface area contributed by atoms with Crippen LogP contribution in [-0.2, 0) is 30.4 Å². The van der Waals surface area contributed by atoms with E-state index in [1.807, 2.05) is 6.07 Å². The number of carboxylic acids is 2. The topological polar surface area (TPSA) is 188 Å².